The molecule has 0 bridgehead atoms. The van der Waals surface area contributed by atoms with E-state index >= 15 is 0 Å². The molecule has 1 saturated heterocycles. The summed E-state index contributed by atoms with van der Waals surface area (Å²) in [6, 6.07) is 5.31. The van der Waals surface area contributed by atoms with E-state index in [4.69, 9.17) is 18.9 Å². The van der Waals surface area contributed by atoms with Crippen molar-refractivity contribution in [2.75, 3.05) is 32.8 Å². The van der Waals surface area contributed by atoms with E-state index in [1.807, 2.05) is 0 Å². The molecule has 28 heavy (non-hydrogen) atoms. The number of rotatable bonds is 13. The number of hydrogen-bond donors (Lipinski definition) is 1. The molecule has 0 unspecified atom stereocenters. The van der Waals surface area contributed by atoms with E-state index in [0.717, 1.165) is 19.3 Å². The minimum absolute atomic E-state index is 0.156. The average Bonchev–Trinajstić information content (AvgIpc) is 3.15. The predicted molar refractivity (Wildman–Crippen MR) is 110 cm³/mol. The van der Waals surface area contributed by atoms with Gasteiger partial charge in [-0.15, -0.1) is 0 Å². The molecule has 0 spiro atoms. The molecule has 0 aliphatic carbocycles. The molecule has 0 aromatic heterocycles. The van der Waals surface area contributed by atoms with E-state index in [1.165, 1.54) is 32.1 Å². The van der Waals surface area contributed by atoms with Crippen LogP contribution in [0.3, 0.4) is 0 Å². The number of carbonyl (C=O) groups excluding carboxylic acids is 1. The van der Waals surface area contributed by atoms with E-state index in [1.54, 1.807) is 32.4 Å². The summed E-state index contributed by atoms with van der Waals surface area (Å²) in [6.07, 6.45) is 9.43. The Labute approximate surface area is 168 Å². The van der Waals surface area contributed by atoms with E-state index in [0.29, 0.717) is 30.4 Å². The molecule has 1 aliphatic heterocycles. The van der Waals surface area contributed by atoms with Crippen LogP contribution in [0.2, 0.25) is 0 Å². The maximum atomic E-state index is 12.7. The molecule has 1 fully saturated rings. The standard InChI is InChI=1S/C22H35NO5/c1-4-5-6-7-8-9-10-13-22(27-14-15-28-22)17-21(24)23-19-16-18(25-2)11-12-20(19)26-3/h11-12,16H,4-10,13-15,17H2,1-3H3,(H,23,24). The van der Waals surface area contributed by atoms with Gasteiger partial charge >= 0.3 is 0 Å². The van der Waals surface area contributed by atoms with Crippen LogP contribution in [0.1, 0.15) is 64.7 Å². The topological polar surface area (TPSA) is 66.0 Å². The highest BCUT2D eigenvalue weighted by Gasteiger charge is 2.38. The van der Waals surface area contributed by atoms with Crippen molar-refractivity contribution in [1.82, 2.24) is 0 Å². The van der Waals surface area contributed by atoms with Crippen molar-refractivity contribution in [3.05, 3.63) is 18.2 Å². The van der Waals surface area contributed by atoms with E-state index in [2.05, 4.69) is 12.2 Å². The lowest BCUT2D eigenvalue weighted by molar-refractivity contribution is -0.172. The molecule has 0 radical (unpaired) electrons. The van der Waals surface area contributed by atoms with Gasteiger partial charge in [0.05, 0.1) is 39.5 Å². The lowest BCUT2D eigenvalue weighted by Crippen LogP contribution is -2.35. The number of nitrogens with one attached hydrogen (secondary N) is 1. The van der Waals surface area contributed by atoms with Crippen LogP contribution in [-0.4, -0.2) is 39.1 Å². The van der Waals surface area contributed by atoms with Crippen LogP contribution < -0.4 is 14.8 Å². The predicted octanol–water partition coefficient (Wildman–Crippen LogP) is 4.92. The Bertz CT molecular complexity index is 599. The fourth-order valence-electron chi connectivity index (χ4n) is 3.53. The van der Waals surface area contributed by atoms with Crippen LogP contribution in [-0.2, 0) is 14.3 Å². The van der Waals surface area contributed by atoms with Gasteiger partial charge in [-0.2, -0.15) is 0 Å². The highest BCUT2D eigenvalue weighted by atomic mass is 16.7. The van der Waals surface area contributed by atoms with Gasteiger partial charge in [0.25, 0.3) is 0 Å². The van der Waals surface area contributed by atoms with Gasteiger partial charge in [0.15, 0.2) is 5.79 Å². The third-order valence-corrected chi connectivity index (χ3v) is 5.09. The molecule has 1 amide bonds. The second kappa shape index (κ2) is 11.9. The number of unbranched alkanes of at least 4 members (excludes halogenated alkanes) is 6. The van der Waals surface area contributed by atoms with Crippen LogP contribution in [0.15, 0.2) is 18.2 Å². The summed E-state index contributed by atoms with van der Waals surface area (Å²) in [5.74, 6) is 0.279. The van der Waals surface area contributed by atoms with E-state index in [9.17, 15) is 4.79 Å². The molecular weight excluding hydrogens is 358 g/mol. The van der Waals surface area contributed by atoms with E-state index in [-0.39, 0.29) is 12.3 Å². The van der Waals surface area contributed by atoms with Crippen molar-refractivity contribution in [3.63, 3.8) is 0 Å². The summed E-state index contributed by atoms with van der Waals surface area (Å²) in [4.78, 5) is 12.7. The number of benzene rings is 1. The molecule has 2 rings (SSSR count). The van der Waals surface area contributed by atoms with Crippen molar-refractivity contribution >= 4 is 11.6 Å². The molecule has 1 aliphatic rings. The molecule has 6 nitrogen and oxygen atoms in total. The van der Waals surface area contributed by atoms with Gasteiger partial charge in [-0.05, 0) is 18.6 Å². The third-order valence-electron chi connectivity index (χ3n) is 5.09. The van der Waals surface area contributed by atoms with Crippen LogP contribution in [0.5, 0.6) is 11.5 Å². The largest absolute Gasteiger partial charge is 0.497 e. The van der Waals surface area contributed by atoms with Crippen molar-refractivity contribution in [3.8, 4) is 11.5 Å². The quantitative estimate of drug-likeness (QED) is 0.482. The number of hydrogen-bond acceptors (Lipinski definition) is 5. The first-order valence-corrected chi connectivity index (χ1v) is 10.4. The molecule has 1 aromatic carbocycles. The lowest BCUT2D eigenvalue weighted by Gasteiger charge is -2.27. The van der Waals surface area contributed by atoms with Crippen LogP contribution in [0.4, 0.5) is 5.69 Å². The van der Waals surface area contributed by atoms with Crippen molar-refractivity contribution in [2.24, 2.45) is 0 Å². The second-order valence-corrected chi connectivity index (χ2v) is 7.27. The number of methoxy groups -OCH3 is 2. The molecule has 0 atom stereocenters. The second-order valence-electron chi connectivity index (χ2n) is 7.27. The van der Waals surface area contributed by atoms with Gasteiger partial charge in [-0.1, -0.05) is 45.4 Å². The Kier molecular flexibility index (Phi) is 9.58. The number of anilines is 1. The first-order valence-electron chi connectivity index (χ1n) is 10.4. The highest BCUT2D eigenvalue weighted by molar-refractivity contribution is 5.93. The zero-order valence-corrected chi connectivity index (χ0v) is 17.6. The number of amides is 1. The summed E-state index contributed by atoms with van der Waals surface area (Å²) in [7, 11) is 3.16. The monoisotopic (exact) mass is 393 g/mol. The van der Waals surface area contributed by atoms with Crippen molar-refractivity contribution in [1.29, 1.82) is 0 Å². The molecule has 0 saturated carbocycles. The van der Waals surface area contributed by atoms with Crippen LogP contribution >= 0.6 is 0 Å². The number of carbonyl (C=O) groups is 1. The maximum Gasteiger partial charge on any atom is 0.229 e. The summed E-state index contributed by atoms with van der Waals surface area (Å²) in [6.45, 7) is 3.29. The lowest BCUT2D eigenvalue weighted by atomic mass is 10.0. The summed E-state index contributed by atoms with van der Waals surface area (Å²) in [5.41, 5.74) is 0.580. The Hall–Kier alpha value is -1.79. The Morgan fingerprint density at radius 1 is 1.04 bits per heavy atom. The van der Waals surface area contributed by atoms with Gasteiger partial charge < -0.3 is 24.3 Å². The molecule has 1 heterocycles. The zero-order chi connectivity index (χ0) is 20.2. The van der Waals surface area contributed by atoms with Gasteiger partial charge in [-0.3, -0.25) is 4.79 Å². The normalized spacial score (nSPS) is 15.4. The van der Waals surface area contributed by atoms with Crippen LogP contribution in [0.25, 0.3) is 0 Å². The maximum absolute atomic E-state index is 12.7. The fourth-order valence-corrected chi connectivity index (χ4v) is 3.53. The minimum Gasteiger partial charge on any atom is -0.497 e. The minimum atomic E-state index is -0.806. The molecular formula is C22H35NO5. The van der Waals surface area contributed by atoms with Crippen molar-refractivity contribution in [2.45, 2.75) is 70.5 Å². The molecule has 1 aromatic rings. The Morgan fingerprint density at radius 2 is 1.71 bits per heavy atom. The summed E-state index contributed by atoms with van der Waals surface area (Å²) >= 11 is 0. The molecule has 158 valence electrons. The van der Waals surface area contributed by atoms with E-state index < -0.39 is 5.79 Å². The highest BCUT2D eigenvalue weighted by Crippen LogP contribution is 2.32. The first kappa shape index (κ1) is 22.5. The smallest absolute Gasteiger partial charge is 0.229 e. The fraction of sp³-hybridized carbons (Fsp3) is 0.682. The Balaban J connectivity index is 1.86. The van der Waals surface area contributed by atoms with Gasteiger partial charge in [0.1, 0.15) is 11.5 Å². The van der Waals surface area contributed by atoms with Gasteiger partial charge in [0.2, 0.25) is 5.91 Å². The third kappa shape index (κ3) is 6.99. The molecule has 6 heteroatoms. The van der Waals surface area contributed by atoms with Crippen LogP contribution in [0, 0.1) is 0 Å². The molecule has 1 N–H and O–H groups in total. The summed E-state index contributed by atoms with van der Waals surface area (Å²) in [5, 5.41) is 2.91. The summed E-state index contributed by atoms with van der Waals surface area (Å²) < 4.78 is 22.3. The zero-order valence-electron chi connectivity index (χ0n) is 17.6. The van der Waals surface area contributed by atoms with Gasteiger partial charge in [-0.25, -0.2) is 0 Å². The number of ether oxygens (including phenoxy) is 4. The Morgan fingerprint density at radius 3 is 2.36 bits per heavy atom. The average molecular weight is 394 g/mol. The van der Waals surface area contributed by atoms with Gasteiger partial charge in [0, 0.05) is 12.5 Å². The van der Waals surface area contributed by atoms with Crippen molar-refractivity contribution < 1.29 is 23.7 Å². The first-order chi connectivity index (χ1) is 13.6. The SMILES string of the molecule is CCCCCCCCCC1(CC(=O)Nc2cc(OC)ccc2OC)OCCO1.